The highest BCUT2D eigenvalue weighted by atomic mass is 32.1. The smallest absolute Gasteiger partial charge is 0.409 e. The van der Waals surface area contributed by atoms with Crippen molar-refractivity contribution in [3.8, 4) is 6.07 Å². The third-order valence-electron chi connectivity index (χ3n) is 5.71. The quantitative estimate of drug-likeness (QED) is 0.688. The zero-order chi connectivity index (χ0) is 21.6. The summed E-state index contributed by atoms with van der Waals surface area (Å²) < 4.78 is 10.8. The molecule has 7 nitrogen and oxygen atoms in total. The Balaban J connectivity index is 1.36. The zero-order valence-corrected chi connectivity index (χ0v) is 18.1. The van der Waals surface area contributed by atoms with Crippen LogP contribution in [0.15, 0.2) is 28.9 Å². The summed E-state index contributed by atoms with van der Waals surface area (Å²) >= 11 is 1.44. The molecule has 1 atom stereocenters. The number of anilines is 1. The van der Waals surface area contributed by atoms with Gasteiger partial charge in [0.25, 0.3) is 0 Å². The average molecular weight is 440 g/mol. The Morgan fingerprint density at radius 3 is 2.94 bits per heavy atom. The summed E-state index contributed by atoms with van der Waals surface area (Å²) in [4.78, 5) is 27.4. The van der Waals surface area contributed by atoms with Crippen LogP contribution in [0, 0.1) is 17.2 Å². The number of rotatable bonds is 5. The van der Waals surface area contributed by atoms with Gasteiger partial charge in [0.1, 0.15) is 16.8 Å². The molecule has 4 rings (SSSR count). The molecule has 1 saturated heterocycles. The SMILES string of the molecule is N#Cc1c(NC(=O)C=Cc2ccco2)sc2c1CCC(COC(=O)N1CCCCC1)C2. The number of piperidine rings is 1. The van der Waals surface area contributed by atoms with E-state index in [1.165, 1.54) is 23.8 Å². The second kappa shape index (κ2) is 9.84. The van der Waals surface area contributed by atoms with E-state index >= 15 is 0 Å². The molecule has 31 heavy (non-hydrogen) atoms. The molecule has 0 aromatic carbocycles. The maximum Gasteiger partial charge on any atom is 0.409 e. The third-order valence-corrected chi connectivity index (χ3v) is 6.88. The Bertz CT molecular complexity index is 997. The molecule has 8 heteroatoms. The van der Waals surface area contributed by atoms with Crippen LogP contribution >= 0.6 is 11.3 Å². The molecule has 3 heterocycles. The first kappa shape index (κ1) is 21.2. The summed E-state index contributed by atoms with van der Waals surface area (Å²) in [6.07, 6.45) is 9.91. The number of carbonyl (C=O) groups is 2. The van der Waals surface area contributed by atoms with Crippen LogP contribution in [0.25, 0.3) is 6.08 Å². The van der Waals surface area contributed by atoms with Gasteiger partial charge in [-0.25, -0.2) is 4.79 Å². The van der Waals surface area contributed by atoms with E-state index in [0.717, 1.165) is 55.6 Å². The average Bonchev–Trinajstić information content (AvgIpc) is 3.43. The van der Waals surface area contributed by atoms with E-state index in [2.05, 4.69) is 11.4 Å². The first-order valence-corrected chi connectivity index (χ1v) is 11.4. The van der Waals surface area contributed by atoms with Crippen molar-refractivity contribution >= 4 is 34.4 Å². The van der Waals surface area contributed by atoms with Crippen molar-refractivity contribution < 1.29 is 18.7 Å². The van der Waals surface area contributed by atoms with Crippen LogP contribution in [0.2, 0.25) is 0 Å². The summed E-state index contributed by atoms with van der Waals surface area (Å²) in [5.41, 5.74) is 1.56. The van der Waals surface area contributed by atoms with Crippen molar-refractivity contribution in [3.05, 3.63) is 46.2 Å². The fraction of sp³-hybridized carbons (Fsp3) is 0.435. The highest BCUT2D eigenvalue weighted by Gasteiger charge is 2.28. The Labute approximate surface area is 185 Å². The van der Waals surface area contributed by atoms with Gasteiger partial charge < -0.3 is 19.4 Å². The van der Waals surface area contributed by atoms with E-state index in [4.69, 9.17) is 9.15 Å². The predicted octanol–water partition coefficient (Wildman–Crippen LogP) is 4.59. The minimum absolute atomic E-state index is 0.217. The fourth-order valence-electron chi connectivity index (χ4n) is 4.06. The highest BCUT2D eigenvalue weighted by molar-refractivity contribution is 7.16. The van der Waals surface area contributed by atoms with Gasteiger partial charge in [0.2, 0.25) is 5.91 Å². The lowest BCUT2D eigenvalue weighted by molar-refractivity contribution is -0.111. The predicted molar refractivity (Wildman–Crippen MR) is 118 cm³/mol. The van der Waals surface area contributed by atoms with Crippen LogP contribution in [-0.4, -0.2) is 36.6 Å². The number of hydrogen-bond donors (Lipinski definition) is 1. The Morgan fingerprint density at radius 1 is 1.35 bits per heavy atom. The Hall–Kier alpha value is -3.05. The van der Waals surface area contributed by atoms with Crippen molar-refractivity contribution in [1.29, 1.82) is 5.26 Å². The summed E-state index contributed by atoms with van der Waals surface area (Å²) in [6.45, 7) is 1.95. The summed E-state index contributed by atoms with van der Waals surface area (Å²) in [6, 6.07) is 5.75. The summed E-state index contributed by atoms with van der Waals surface area (Å²) in [7, 11) is 0. The minimum atomic E-state index is -0.307. The van der Waals surface area contributed by atoms with Crippen molar-refractivity contribution in [1.82, 2.24) is 4.90 Å². The molecule has 2 aliphatic rings. The van der Waals surface area contributed by atoms with Crippen LogP contribution in [-0.2, 0) is 22.4 Å². The first-order chi connectivity index (χ1) is 15.1. The highest BCUT2D eigenvalue weighted by Crippen LogP contribution is 2.39. The molecule has 0 saturated carbocycles. The fourth-order valence-corrected chi connectivity index (χ4v) is 5.37. The van der Waals surface area contributed by atoms with E-state index in [9.17, 15) is 14.9 Å². The number of ether oxygens (including phenoxy) is 1. The van der Waals surface area contributed by atoms with Gasteiger partial charge in [0.05, 0.1) is 18.4 Å². The van der Waals surface area contributed by atoms with Crippen LogP contribution in [0.3, 0.4) is 0 Å². The zero-order valence-electron chi connectivity index (χ0n) is 17.3. The minimum Gasteiger partial charge on any atom is -0.465 e. The maximum absolute atomic E-state index is 12.3. The van der Waals surface area contributed by atoms with Gasteiger partial charge in [-0.3, -0.25) is 4.79 Å². The van der Waals surface area contributed by atoms with Crippen molar-refractivity contribution in [2.45, 2.75) is 38.5 Å². The molecule has 0 radical (unpaired) electrons. The number of furan rings is 1. The van der Waals surface area contributed by atoms with Crippen molar-refractivity contribution in [3.63, 3.8) is 0 Å². The van der Waals surface area contributed by atoms with Gasteiger partial charge in [-0.2, -0.15) is 5.26 Å². The molecule has 1 aliphatic carbocycles. The number of nitrogens with one attached hydrogen (secondary N) is 1. The monoisotopic (exact) mass is 439 g/mol. The van der Waals surface area contributed by atoms with Gasteiger partial charge in [-0.1, -0.05) is 0 Å². The third kappa shape index (κ3) is 5.17. The molecule has 162 valence electrons. The second-order valence-corrected chi connectivity index (χ2v) is 9.00. The lowest BCUT2D eigenvalue weighted by Crippen LogP contribution is -2.37. The lowest BCUT2D eigenvalue weighted by Gasteiger charge is -2.27. The summed E-state index contributed by atoms with van der Waals surface area (Å²) in [5.74, 6) is 0.510. The van der Waals surface area contributed by atoms with Gasteiger partial charge in [-0.15, -0.1) is 11.3 Å². The largest absolute Gasteiger partial charge is 0.465 e. The standard InChI is InChI=1S/C23H25N3O4S/c24-14-19-18-8-6-16(15-30-23(28)26-10-2-1-3-11-26)13-20(18)31-22(19)25-21(27)9-7-17-5-4-12-29-17/h4-5,7,9,12,16H,1-3,6,8,10-11,13,15H2,(H,25,27). The number of amides is 2. The molecule has 1 aliphatic heterocycles. The molecular weight excluding hydrogens is 414 g/mol. The van der Waals surface area contributed by atoms with E-state index in [1.54, 1.807) is 29.4 Å². The number of hydrogen-bond acceptors (Lipinski definition) is 6. The van der Waals surface area contributed by atoms with Crippen molar-refractivity contribution in [2.24, 2.45) is 5.92 Å². The van der Waals surface area contributed by atoms with Crippen LogP contribution in [0.1, 0.15) is 47.4 Å². The van der Waals surface area contributed by atoms with Gasteiger partial charge in [0.15, 0.2) is 0 Å². The number of thiophene rings is 1. The topological polar surface area (TPSA) is 95.6 Å². The number of likely N-dealkylation sites (tertiary alicyclic amines) is 1. The molecule has 1 unspecified atom stereocenters. The molecule has 0 spiro atoms. The van der Waals surface area contributed by atoms with E-state index in [-0.39, 0.29) is 17.9 Å². The van der Waals surface area contributed by atoms with Crippen molar-refractivity contribution in [2.75, 3.05) is 25.0 Å². The van der Waals surface area contributed by atoms with Gasteiger partial charge >= 0.3 is 6.09 Å². The number of nitriles is 1. The molecule has 0 bridgehead atoms. The van der Waals surface area contributed by atoms with E-state index < -0.39 is 0 Å². The Morgan fingerprint density at radius 2 is 2.19 bits per heavy atom. The second-order valence-electron chi connectivity index (χ2n) is 7.89. The van der Waals surface area contributed by atoms with Crippen LogP contribution in [0.5, 0.6) is 0 Å². The van der Waals surface area contributed by atoms with Gasteiger partial charge in [-0.05, 0) is 68.2 Å². The maximum atomic E-state index is 12.3. The van der Waals surface area contributed by atoms with Gasteiger partial charge in [0, 0.05) is 24.0 Å². The Kier molecular flexibility index (Phi) is 6.73. The van der Waals surface area contributed by atoms with E-state index in [1.807, 2.05) is 0 Å². The number of nitrogens with zero attached hydrogens (tertiary/aromatic N) is 2. The summed E-state index contributed by atoms with van der Waals surface area (Å²) in [5, 5.41) is 13.0. The van der Waals surface area contributed by atoms with E-state index in [0.29, 0.717) is 22.9 Å². The molecule has 2 amide bonds. The lowest BCUT2D eigenvalue weighted by atomic mass is 9.88. The number of fused-ring (bicyclic) bond motifs is 1. The molecule has 2 aromatic heterocycles. The molecular formula is C23H25N3O4S. The molecule has 2 aromatic rings. The van der Waals surface area contributed by atoms with Crippen LogP contribution < -0.4 is 5.32 Å². The molecule has 1 fully saturated rings. The van der Waals surface area contributed by atoms with Crippen LogP contribution in [0.4, 0.5) is 9.80 Å². The number of carbonyl (C=O) groups excluding carboxylic acids is 2. The first-order valence-electron chi connectivity index (χ1n) is 10.6. The normalized spacial score (nSPS) is 18.4. The molecule has 1 N–H and O–H groups in total.